The molecule has 3 heterocycles. The first-order valence-electron chi connectivity index (χ1n) is 7.62. The molecule has 0 saturated carbocycles. The lowest BCUT2D eigenvalue weighted by atomic mass is 10.1. The molecule has 0 atom stereocenters. The minimum atomic E-state index is 0.995. The SMILES string of the molecule is Cc1csc(-c2nn(-c3ccc(C)cc3C)c3c2CCN3)c1. The number of anilines is 1. The molecule has 1 aliphatic heterocycles. The Morgan fingerprint density at radius 1 is 1.14 bits per heavy atom. The summed E-state index contributed by atoms with van der Waals surface area (Å²) in [5.74, 6) is 1.16. The van der Waals surface area contributed by atoms with Crippen LogP contribution in [0.1, 0.15) is 22.3 Å². The molecule has 0 spiro atoms. The minimum Gasteiger partial charge on any atom is -0.369 e. The van der Waals surface area contributed by atoms with Crippen LogP contribution in [0.15, 0.2) is 29.6 Å². The number of hydrogen-bond donors (Lipinski definition) is 1. The van der Waals surface area contributed by atoms with Gasteiger partial charge in [0, 0.05) is 12.1 Å². The second-order valence-electron chi connectivity index (χ2n) is 6.04. The molecule has 4 rings (SSSR count). The minimum absolute atomic E-state index is 0.995. The van der Waals surface area contributed by atoms with Gasteiger partial charge in [0.25, 0.3) is 0 Å². The highest BCUT2D eigenvalue weighted by Gasteiger charge is 2.25. The lowest BCUT2D eigenvalue weighted by Crippen LogP contribution is -2.05. The van der Waals surface area contributed by atoms with Gasteiger partial charge in [0.15, 0.2) is 0 Å². The van der Waals surface area contributed by atoms with Crippen LogP contribution in [0, 0.1) is 20.8 Å². The molecule has 4 heteroatoms. The number of benzene rings is 1. The van der Waals surface area contributed by atoms with Crippen LogP contribution in [-0.2, 0) is 6.42 Å². The summed E-state index contributed by atoms with van der Waals surface area (Å²) in [5.41, 5.74) is 7.50. The van der Waals surface area contributed by atoms with E-state index in [0.29, 0.717) is 0 Å². The summed E-state index contributed by atoms with van der Waals surface area (Å²) in [6.07, 6.45) is 1.05. The second kappa shape index (κ2) is 4.99. The fraction of sp³-hybridized carbons (Fsp3) is 0.278. The maximum Gasteiger partial charge on any atom is 0.133 e. The summed E-state index contributed by atoms with van der Waals surface area (Å²) >= 11 is 1.78. The van der Waals surface area contributed by atoms with Crippen LogP contribution >= 0.6 is 11.3 Å². The third-order valence-corrected chi connectivity index (χ3v) is 5.25. The first kappa shape index (κ1) is 13.6. The van der Waals surface area contributed by atoms with Crippen LogP contribution in [0.2, 0.25) is 0 Å². The molecule has 3 aromatic rings. The van der Waals surface area contributed by atoms with Crippen LogP contribution in [0.4, 0.5) is 5.82 Å². The zero-order chi connectivity index (χ0) is 15.3. The van der Waals surface area contributed by atoms with E-state index in [4.69, 9.17) is 5.10 Å². The van der Waals surface area contributed by atoms with E-state index in [-0.39, 0.29) is 0 Å². The summed E-state index contributed by atoms with van der Waals surface area (Å²) < 4.78 is 2.08. The van der Waals surface area contributed by atoms with Crippen molar-refractivity contribution in [3.05, 3.63) is 51.9 Å². The summed E-state index contributed by atoms with van der Waals surface area (Å²) in [4.78, 5) is 1.26. The molecule has 0 radical (unpaired) electrons. The molecular weight excluding hydrogens is 290 g/mol. The highest BCUT2D eigenvalue weighted by atomic mass is 32.1. The van der Waals surface area contributed by atoms with Gasteiger partial charge in [0.05, 0.1) is 10.6 Å². The number of thiophene rings is 1. The van der Waals surface area contributed by atoms with Crippen molar-refractivity contribution >= 4 is 17.2 Å². The lowest BCUT2D eigenvalue weighted by Gasteiger charge is -2.10. The number of nitrogens with zero attached hydrogens (tertiary/aromatic N) is 2. The van der Waals surface area contributed by atoms with E-state index in [1.165, 1.54) is 27.1 Å². The van der Waals surface area contributed by atoms with E-state index in [1.54, 1.807) is 11.3 Å². The second-order valence-corrected chi connectivity index (χ2v) is 6.95. The van der Waals surface area contributed by atoms with E-state index in [0.717, 1.165) is 30.2 Å². The van der Waals surface area contributed by atoms with Gasteiger partial charge >= 0.3 is 0 Å². The summed E-state index contributed by atoms with van der Waals surface area (Å²) in [5, 5.41) is 10.6. The van der Waals surface area contributed by atoms with Crippen molar-refractivity contribution in [3.63, 3.8) is 0 Å². The predicted molar refractivity (Wildman–Crippen MR) is 93.3 cm³/mol. The van der Waals surface area contributed by atoms with Crippen LogP contribution in [0.25, 0.3) is 16.3 Å². The van der Waals surface area contributed by atoms with E-state index >= 15 is 0 Å². The molecule has 1 aromatic carbocycles. The van der Waals surface area contributed by atoms with Crippen molar-refractivity contribution in [2.75, 3.05) is 11.9 Å². The van der Waals surface area contributed by atoms with Gasteiger partial charge in [0.2, 0.25) is 0 Å². The molecule has 1 aliphatic rings. The highest BCUT2D eigenvalue weighted by molar-refractivity contribution is 7.13. The van der Waals surface area contributed by atoms with Gasteiger partial charge in [-0.05, 0) is 55.8 Å². The molecule has 22 heavy (non-hydrogen) atoms. The van der Waals surface area contributed by atoms with E-state index in [2.05, 4.69) is 60.4 Å². The van der Waals surface area contributed by atoms with Crippen LogP contribution < -0.4 is 5.32 Å². The Morgan fingerprint density at radius 3 is 2.73 bits per heavy atom. The monoisotopic (exact) mass is 309 g/mol. The van der Waals surface area contributed by atoms with Gasteiger partial charge in [-0.3, -0.25) is 0 Å². The molecule has 0 fully saturated rings. The molecule has 0 saturated heterocycles. The molecule has 3 nitrogen and oxygen atoms in total. The van der Waals surface area contributed by atoms with Crippen molar-refractivity contribution < 1.29 is 0 Å². The maximum absolute atomic E-state index is 4.94. The predicted octanol–water partition coefficient (Wildman–Crippen LogP) is 4.49. The third kappa shape index (κ3) is 2.06. The zero-order valence-corrected chi connectivity index (χ0v) is 13.9. The molecule has 0 unspecified atom stereocenters. The number of hydrogen-bond acceptors (Lipinski definition) is 3. The third-order valence-electron chi connectivity index (χ3n) is 4.20. The van der Waals surface area contributed by atoms with E-state index in [9.17, 15) is 0 Å². The van der Waals surface area contributed by atoms with E-state index < -0.39 is 0 Å². The zero-order valence-electron chi connectivity index (χ0n) is 13.1. The van der Waals surface area contributed by atoms with Crippen molar-refractivity contribution in [2.24, 2.45) is 0 Å². The highest BCUT2D eigenvalue weighted by Crippen LogP contribution is 2.37. The molecule has 0 bridgehead atoms. The van der Waals surface area contributed by atoms with Crippen molar-refractivity contribution in [1.82, 2.24) is 9.78 Å². The number of fused-ring (bicyclic) bond motifs is 1. The standard InChI is InChI=1S/C18H19N3S/c1-11-4-5-15(13(3)8-11)21-18-14(6-7-19-18)17(20-21)16-9-12(2)10-22-16/h4-5,8-10,19H,6-7H2,1-3H3. The molecule has 0 amide bonds. The molecular formula is C18H19N3S. The normalized spacial score (nSPS) is 13.2. The van der Waals surface area contributed by atoms with Crippen LogP contribution in [-0.4, -0.2) is 16.3 Å². The van der Waals surface area contributed by atoms with Crippen molar-refractivity contribution in [2.45, 2.75) is 27.2 Å². The Kier molecular flexibility index (Phi) is 3.08. The smallest absolute Gasteiger partial charge is 0.133 e. The van der Waals surface area contributed by atoms with Gasteiger partial charge in [-0.15, -0.1) is 11.3 Å². The lowest BCUT2D eigenvalue weighted by molar-refractivity contribution is 0.875. The van der Waals surface area contributed by atoms with Gasteiger partial charge < -0.3 is 5.32 Å². The Balaban J connectivity index is 1.91. The fourth-order valence-electron chi connectivity index (χ4n) is 3.15. The Bertz CT molecular complexity index is 857. The van der Waals surface area contributed by atoms with Gasteiger partial charge in [0.1, 0.15) is 11.5 Å². The first-order valence-corrected chi connectivity index (χ1v) is 8.50. The summed E-state index contributed by atoms with van der Waals surface area (Å²) in [7, 11) is 0. The van der Waals surface area contributed by atoms with Gasteiger partial charge in [-0.25, -0.2) is 4.68 Å². The topological polar surface area (TPSA) is 29.9 Å². The summed E-state index contributed by atoms with van der Waals surface area (Å²) in [6, 6.07) is 8.77. The molecule has 0 aliphatic carbocycles. The number of rotatable bonds is 2. The molecule has 2 aromatic heterocycles. The van der Waals surface area contributed by atoms with Gasteiger partial charge in [-0.2, -0.15) is 5.10 Å². The van der Waals surface area contributed by atoms with Crippen LogP contribution in [0.5, 0.6) is 0 Å². The average molecular weight is 309 g/mol. The summed E-state index contributed by atoms with van der Waals surface area (Å²) in [6.45, 7) is 7.41. The fourth-order valence-corrected chi connectivity index (χ4v) is 4.06. The molecule has 1 N–H and O–H groups in total. The van der Waals surface area contributed by atoms with E-state index in [1.807, 2.05) is 0 Å². The van der Waals surface area contributed by atoms with Gasteiger partial charge in [-0.1, -0.05) is 17.7 Å². The van der Waals surface area contributed by atoms with Crippen LogP contribution in [0.3, 0.4) is 0 Å². The number of aryl methyl sites for hydroxylation is 3. The van der Waals surface area contributed by atoms with Crippen molar-refractivity contribution in [1.29, 1.82) is 0 Å². The Labute approximate surface area is 134 Å². The first-order chi connectivity index (χ1) is 10.6. The number of aromatic nitrogens is 2. The number of nitrogens with one attached hydrogen (secondary N) is 1. The van der Waals surface area contributed by atoms with Crippen molar-refractivity contribution in [3.8, 4) is 16.3 Å². The maximum atomic E-state index is 4.94. The largest absolute Gasteiger partial charge is 0.369 e. The molecule has 112 valence electrons. The quantitative estimate of drug-likeness (QED) is 0.755. The average Bonchev–Trinajstić information content (AvgIpc) is 3.15. The Morgan fingerprint density at radius 2 is 2.00 bits per heavy atom. The Hall–Kier alpha value is -2.07.